The molecule has 0 spiro atoms. The first-order chi connectivity index (χ1) is 7.15. The van der Waals surface area contributed by atoms with Gasteiger partial charge in [-0.1, -0.05) is 18.2 Å². The second-order valence-electron chi connectivity index (χ2n) is 3.34. The van der Waals surface area contributed by atoms with Crippen LogP contribution in [0.4, 0.5) is 4.79 Å². The number of benzene rings is 1. The van der Waals surface area contributed by atoms with Crippen LogP contribution in [0.5, 0.6) is 5.75 Å². The Hall–Kier alpha value is -1.55. The van der Waals surface area contributed by atoms with E-state index in [1.807, 2.05) is 25.1 Å². The van der Waals surface area contributed by atoms with E-state index in [0.29, 0.717) is 18.8 Å². The number of amides is 1. The van der Waals surface area contributed by atoms with Gasteiger partial charge in [0.05, 0.1) is 0 Å². The molecule has 0 aromatic heterocycles. The van der Waals surface area contributed by atoms with Crippen molar-refractivity contribution < 1.29 is 9.53 Å². The van der Waals surface area contributed by atoms with Gasteiger partial charge in [0.25, 0.3) is 0 Å². The average molecular weight is 208 g/mol. The molecule has 1 rings (SSSR count). The molecule has 82 valence electrons. The number of hydrogen-bond acceptors (Lipinski definition) is 3. The summed E-state index contributed by atoms with van der Waals surface area (Å²) in [5.74, 6) is 0.589. The summed E-state index contributed by atoms with van der Waals surface area (Å²) in [4.78, 5) is 13.0. The third-order valence-electron chi connectivity index (χ3n) is 2.07. The largest absolute Gasteiger partial charge is 0.415 e. The van der Waals surface area contributed by atoms with E-state index < -0.39 is 0 Å². The average Bonchev–Trinajstić information content (AvgIpc) is 2.21. The maximum Gasteiger partial charge on any atom is 0.415 e. The van der Waals surface area contributed by atoms with Gasteiger partial charge in [-0.05, 0) is 18.6 Å². The van der Waals surface area contributed by atoms with Crippen LogP contribution in [0.2, 0.25) is 0 Å². The Kier molecular flexibility index (Phi) is 4.12. The van der Waals surface area contributed by atoms with E-state index in [-0.39, 0.29) is 6.09 Å². The van der Waals surface area contributed by atoms with Crippen LogP contribution in [0.25, 0.3) is 0 Å². The summed E-state index contributed by atoms with van der Waals surface area (Å²) in [6.45, 7) is 2.82. The maximum atomic E-state index is 11.5. The molecule has 0 fully saturated rings. The minimum Gasteiger partial charge on any atom is -0.410 e. The quantitative estimate of drug-likeness (QED) is 0.816. The van der Waals surface area contributed by atoms with Crippen molar-refractivity contribution in [1.82, 2.24) is 4.90 Å². The Balaban J connectivity index is 2.62. The van der Waals surface area contributed by atoms with Gasteiger partial charge in [-0.15, -0.1) is 0 Å². The first kappa shape index (κ1) is 11.5. The van der Waals surface area contributed by atoms with E-state index in [0.717, 1.165) is 5.56 Å². The number of hydrogen-bond donors (Lipinski definition) is 1. The van der Waals surface area contributed by atoms with Crippen molar-refractivity contribution in [3.63, 3.8) is 0 Å². The molecule has 4 nitrogen and oxygen atoms in total. The summed E-state index contributed by atoms with van der Waals surface area (Å²) in [5.41, 5.74) is 6.28. The van der Waals surface area contributed by atoms with Gasteiger partial charge in [-0.2, -0.15) is 0 Å². The number of rotatable bonds is 3. The molecule has 0 saturated heterocycles. The summed E-state index contributed by atoms with van der Waals surface area (Å²) in [7, 11) is 1.66. The normalized spacial score (nSPS) is 9.80. The zero-order valence-electron chi connectivity index (χ0n) is 9.06. The van der Waals surface area contributed by atoms with E-state index in [1.54, 1.807) is 13.1 Å². The molecule has 0 aliphatic carbocycles. The number of likely N-dealkylation sites (N-methyl/N-ethyl adjacent to an activating group) is 1. The van der Waals surface area contributed by atoms with Gasteiger partial charge in [0, 0.05) is 20.1 Å². The lowest BCUT2D eigenvalue weighted by Gasteiger charge is -2.16. The van der Waals surface area contributed by atoms with E-state index >= 15 is 0 Å². The van der Waals surface area contributed by atoms with Gasteiger partial charge in [-0.25, -0.2) is 4.79 Å². The highest BCUT2D eigenvalue weighted by molar-refractivity contribution is 5.70. The van der Waals surface area contributed by atoms with E-state index in [1.165, 1.54) is 4.90 Å². The summed E-state index contributed by atoms with van der Waals surface area (Å²) in [5, 5.41) is 0. The third kappa shape index (κ3) is 3.25. The van der Waals surface area contributed by atoms with E-state index in [4.69, 9.17) is 10.5 Å². The second-order valence-corrected chi connectivity index (χ2v) is 3.34. The SMILES string of the molecule is Cc1ccccc1OC(=O)N(C)CCN. The van der Waals surface area contributed by atoms with Crippen LogP contribution in [0.1, 0.15) is 5.56 Å². The van der Waals surface area contributed by atoms with Crippen LogP contribution in [0.15, 0.2) is 24.3 Å². The lowest BCUT2D eigenvalue weighted by molar-refractivity contribution is 0.164. The topological polar surface area (TPSA) is 55.6 Å². The zero-order valence-corrected chi connectivity index (χ0v) is 9.06. The third-order valence-corrected chi connectivity index (χ3v) is 2.07. The minimum atomic E-state index is -0.380. The standard InChI is InChI=1S/C11H16N2O2/c1-9-5-3-4-6-10(9)15-11(14)13(2)8-7-12/h3-6H,7-8,12H2,1-2H3. The Morgan fingerprint density at radius 3 is 2.73 bits per heavy atom. The number of ether oxygens (including phenoxy) is 1. The summed E-state index contributed by atoms with van der Waals surface area (Å²) < 4.78 is 5.19. The molecule has 0 heterocycles. The van der Waals surface area contributed by atoms with E-state index in [9.17, 15) is 4.79 Å². The van der Waals surface area contributed by atoms with Crippen LogP contribution < -0.4 is 10.5 Å². The Labute approximate surface area is 89.6 Å². The molecule has 0 aliphatic heterocycles. The molecule has 1 amide bonds. The molecule has 4 heteroatoms. The van der Waals surface area contributed by atoms with Crippen molar-refractivity contribution in [2.75, 3.05) is 20.1 Å². The van der Waals surface area contributed by atoms with Gasteiger partial charge < -0.3 is 15.4 Å². The van der Waals surface area contributed by atoms with Gasteiger partial charge >= 0.3 is 6.09 Å². The number of carbonyl (C=O) groups excluding carboxylic acids is 1. The maximum absolute atomic E-state index is 11.5. The Morgan fingerprint density at radius 1 is 1.47 bits per heavy atom. The molecular formula is C11H16N2O2. The predicted molar refractivity (Wildman–Crippen MR) is 58.9 cm³/mol. The summed E-state index contributed by atoms with van der Waals surface area (Å²) >= 11 is 0. The first-order valence-corrected chi connectivity index (χ1v) is 4.84. The molecule has 2 N–H and O–H groups in total. The predicted octanol–water partition coefficient (Wildman–Crippen LogP) is 1.38. The van der Waals surface area contributed by atoms with Crippen molar-refractivity contribution >= 4 is 6.09 Å². The van der Waals surface area contributed by atoms with Gasteiger partial charge in [0.15, 0.2) is 0 Å². The molecule has 0 atom stereocenters. The van der Waals surface area contributed by atoms with Crippen LogP contribution >= 0.6 is 0 Å². The van der Waals surface area contributed by atoms with Crippen molar-refractivity contribution in [2.24, 2.45) is 5.73 Å². The number of nitrogens with zero attached hydrogens (tertiary/aromatic N) is 1. The van der Waals surface area contributed by atoms with E-state index in [2.05, 4.69) is 0 Å². The fourth-order valence-electron chi connectivity index (χ4n) is 1.13. The van der Waals surface area contributed by atoms with Crippen LogP contribution in [0, 0.1) is 6.92 Å². The van der Waals surface area contributed by atoms with Crippen molar-refractivity contribution in [3.05, 3.63) is 29.8 Å². The minimum absolute atomic E-state index is 0.380. The number of aryl methyl sites for hydroxylation is 1. The highest BCUT2D eigenvalue weighted by atomic mass is 16.6. The molecule has 15 heavy (non-hydrogen) atoms. The molecule has 0 radical (unpaired) electrons. The molecule has 0 unspecified atom stereocenters. The Morgan fingerprint density at radius 2 is 2.13 bits per heavy atom. The smallest absolute Gasteiger partial charge is 0.410 e. The van der Waals surface area contributed by atoms with Crippen molar-refractivity contribution in [3.8, 4) is 5.75 Å². The molecular weight excluding hydrogens is 192 g/mol. The zero-order chi connectivity index (χ0) is 11.3. The number of para-hydroxylation sites is 1. The summed E-state index contributed by atoms with van der Waals surface area (Å²) in [6.07, 6.45) is -0.380. The molecule has 0 bridgehead atoms. The number of nitrogens with two attached hydrogens (primary N) is 1. The molecule has 1 aromatic carbocycles. The highest BCUT2D eigenvalue weighted by Crippen LogP contribution is 2.16. The molecule has 0 aliphatic rings. The van der Waals surface area contributed by atoms with Crippen LogP contribution in [0.3, 0.4) is 0 Å². The monoisotopic (exact) mass is 208 g/mol. The van der Waals surface area contributed by atoms with Crippen LogP contribution in [-0.2, 0) is 0 Å². The summed E-state index contributed by atoms with van der Waals surface area (Å²) in [6, 6.07) is 7.39. The van der Waals surface area contributed by atoms with Gasteiger partial charge in [-0.3, -0.25) is 0 Å². The lowest BCUT2D eigenvalue weighted by Crippen LogP contribution is -2.34. The number of carbonyl (C=O) groups is 1. The van der Waals surface area contributed by atoms with Gasteiger partial charge in [0.1, 0.15) is 5.75 Å². The fourth-order valence-corrected chi connectivity index (χ4v) is 1.13. The van der Waals surface area contributed by atoms with Crippen molar-refractivity contribution in [2.45, 2.75) is 6.92 Å². The van der Waals surface area contributed by atoms with Crippen molar-refractivity contribution in [1.29, 1.82) is 0 Å². The molecule has 1 aromatic rings. The first-order valence-electron chi connectivity index (χ1n) is 4.84. The fraction of sp³-hybridized carbons (Fsp3) is 0.364. The Bertz CT molecular complexity index is 339. The van der Waals surface area contributed by atoms with Crippen LogP contribution in [-0.4, -0.2) is 31.1 Å². The second kappa shape index (κ2) is 5.36. The van der Waals surface area contributed by atoms with Gasteiger partial charge in [0.2, 0.25) is 0 Å². The lowest BCUT2D eigenvalue weighted by atomic mass is 10.2. The highest BCUT2D eigenvalue weighted by Gasteiger charge is 2.10. The molecule has 0 saturated carbocycles.